The van der Waals surface area contributed by atoms with E-state index in [0.717, 1.165) is 12.8 Å². The van der Waals surface area contributed by atoms with Crippen molar-refractivity contribution in [3.8, 4) is 0 Å². The molecule has 8 nitrogen and oxygen atoms in total. The van der Waals surface area contributed by atoms with Crippen LogP contribution >= 0.6 is 0 Å². The first kappa shape index (κ1) is 19.8. The van der Waals surface area contributed by atoms with Gasteiger partial charge in [0.1, 0.15) is 0 Å². The molecule has 0 unspecified atom stereocenters. The van der Waals surface area contributed by atoms with E-state index < -0.39 is 17.8 Å². The van der Waals surface area contributed by atoms with Crippen molar-refractivity contribution in [2.75, 3.05) is 13.2 Å². The van der Waals surface area contributed by atoms with Crippen molar-refractivity contribution in [1.29, 1.82) is 0 Å². The number of benzene rings is 2. The molecule has 154 valence electrons. The summed E-state index contributed by atoms with van der Waals surface area (Å²) in [7, 11) is 0. The average Bonchev–Trinajstić information content (AvgIpc) is 3.35. The lowest BCUT2D eigenvalue weighted by atomic mass is 10.1. The van der Waals surface area contributed by atoms with E-state index in [-0.39, 0.29) is 47.4 Å². The van der Waals surface area contributed by atoms with E-state index in [1.54, 1.807) is 12.1 Å². The number of rotatable bonds is 6. The van der Waals surface area contributed by atoms with Gasteiger partial charge < -0.3 is 20.0 Å². The number of nitrogens with one attached hydrogen (secondary N) is 1. The van der Waals surface area contributed by atoms with Gasteiger partial charge in [0.25, 0.3) is 17.7 Å². The molecule has 0 spiro atoms. The van der Waals surface area contributed by atoms with Crippen LogP contribution < -0.4 is 10.4 Å². The lowest BCUT2D eigenvalue weighted by Crippen LogP contribution is -2.36. The zero-order chi connectivity index (χ0) is 21.3. The number of nitrogens with zero attached hydrogens (tertiary/aromatic N) is 1. The van der Waals surface area contributed by atoms with Crippen LogP contribution in [0.25, 0.3) is 0 Å². The third kappa shape index (κ3) is 3.81. The van der Waals surface area contributed by atoms with Crippen LogP contribution in [0.15, 0.2) is 42.5 Å². The first-order valence-corrected chi connectivity index (χ1v) is 9.64. The number of carboxylic acid groups (broad SMARTS) is 1. The highest BCUT2D eigenvalue weighted by Crippen LogP contribution is 2.26. The highest BCUT2D eigenvalue weighted by atomic mass is 16.5. The Bertz CT molecular complexity index is 1020. The molecule has 0 bridgehead atoms. The number of fused-ring (bicyclic) bond motifs is 1. The fraction of sp³-hybridized carbons (Fsp3) is 0.273. The fourth-order valence-electron chi connectivity index (χ4n) is 3.63. The maximum atomic E-state index is 12.7. The fourth-order valence-corrected chi connectivity index (χ4v) is 3.63. The van der Waals surface area contributed by atoms with Gasteiger partial charge in [0, 0.05) is 18.7 Å². The zero-order valence-corrected chi connectivity index (χ0v) is 16.1. The monoisotopic (exact) mass is 407 g/mol. The van der Waals surface area contributed by atoms with E-state index in [1.165, 1.54) is 35.2 Å². The third-order valence-corrected chi connectivity index (χ3v) is 5.29. The van der Waals surface area contributed by atoms with Gasteiger partial charge >= 0.3 is 0 Å². The molecule has 0 radical (unpaired) electrons. The van der Waals surface area contributed by atoms with Crippen molar-refractivity contribution in [3.63, 3.8) is 0 Å². The molecular formula is C22H19N2O6-. The molecule has 1 atom stereocenters. The van der Waals surface area contributed by atoms with Gasteiger partial charge in [0.15, 0.2) is 0 Å². The number of aromatic carboxylic acids is 1. The molecule has 8 heteroatoms. The summed E-state index contributed by atoms with van der Waals surface area (Å²) in [5.41, 5.74) is 1.53. The highest BCUT2D eigenvalue weighted by Gasteiger charge is 2.37. The molecule has 1 N–H and O–H groups in total. The summed E-state index contributed by atoms with van der Waals surface area (Å²) in [6.45, 7) is 1.03. The van der Waals surface area contributed by atoms with Gasteiger partial charge in [-0.1, -0.05) is 24.3 Å². The molecule has 1 saturated heterocycles. The Morgan fingerprint density at radius 3 is 2.40 bits per heavy atom. The van der Waals surface area contributed by atoms with Crippen LogP contribution in [0.4, 0.5) is 0 Å². The predicted molar refractivity (Wildman–Crippen MR) is 103 cm³/mol. The number of amides is 3. The summed E-state index contributed by atoms with van der Waals surface area (Å²) in [6.07, 6.45) is 1.58. The lowest BCUT2D eigenvalue weighted by Gasteiger charge is -2.17. The second-order valence-electron chi connectivity index (χ2n) is 7.28. The third-order valence-electron chi connectivity index (χ3n) is 5.29. The topological polar surface area (TPSA) is 116 Å². The van der Waals surface area contributed by atoms with E-state index in [0.29, 0.717) is 12.2 Å². The van der Waals surface area contributed by atoms with Crippen molar-refractivity contribution >= 4 is 23.7 Å². The first-order chi connectivity index (χ1) is 14.4. The van der Waals surface area contributed by atoms with Crippen LogP contribution in [0, 0.1) is 0 Å². The minimum atomic E-state index is -1.27. The Labute approximate surface area is 172 Å². The lowest BCUT2D eigenvalue weighted by molar-refractivity contribution is -0.255. The predicted octanol–water partition coefficient (Wildman–Crippen LogP) is 0.755. The van der Waals surface area contributed by atoms with Gasteiger partial charge in [-0.3, -0.25) is 19.3 Å². The average molecular weight is 407 g/mol. The van der Waals surface area contributed by atoms with Gasteiger partial charge in [0.2, 0.25) is 0 Å². The number of carboxylic acids is 1. The van der Waals surface area contributed by atoms with Crippen LogP contribution in [0.5, 0.6) is 0 Å². The molecule has 0 saturated carbocycles. The number of carbonyl (C=O) groups is 4. The molecule has 3 amide bonds. The number of carbonyl (C=O) groups excluding carboxylic acids is 4. The molecule has 0 aromatic heterocycles. The largest absolute Gasteiger partial charge is 0.545 e. The van der Waals surface area contributed by atoms with E-state index >= 15 is 0 Å². The van der Waals surface area contributed by atoms with Gasteiger partial charge in [-0.25, -0.2) is 0 Å². The Balaban J connectivity index is 1.43. The van der Waals surface area contributed by atoms with E-state index in [2.05, 4.69) is 5.32 Å². The van der Waals surface area contributed by atoms with Crippen molar-refractivity contribution < 1.29 is 29.0 Å². The molecule has 30 heavy (non-hydrogen) atoms. The summed E-state index contributed by atoms with van der Waals surface area (Å²) in [5.74, 6) is -2.46. The number of hydrogen-bond donors (Lipinski definition) is 1. The maximum Gasteiger partial charge on any atom is 0.261 e. The van der Waals surface area contributed by atoms with Gasteiger partial charge in [-0.2, -0.15) is 0 Å². The summed E-state index contributed by atoms with van der Waals surface area (Å²) in [6, 6.07) is 10.4. The van der Waals surface area contributed by atoms with Crippen LogP contribution in [-0.4, -0.2) is 47.8 Å². The van der Waals surface area contributed by atoms with Gasteiger partial charge in [-0.15, -0.1) is 0 Å². The number of hydrogen-bond acceptors (Lipinski definition) is 6. The second-order valence-corrected chi connectivity index (χ2v) is 7.28. The molecular weight excluding hydrogens is 388 g/mol. The summed E-state index contributed by atoms with van der Waals surface area (Å²) >= 11 is 0. The first-order valence-electron chi connectivity index (χ1n) is 9.64. The smallest absolute Gasteiger partial charge is 0.261 e. The minimum Gasteiger partial charge on any atom is -0.545 e. The molecule has 2 heterocycles. The van der Waals surface area contributed by atoms with Crippen LogP contribution in [-0.2, 0) is 11.3 Å². The van der Waals surface area contributed by atoms with Crippen LogP contribution in [0.3, 0.4) is 0 Å². The zero-order valence-electron chi connectivity index (χ0n) is 16.1. The SMILES string of the molecule is O=C([O-])c1ccc(CNC(=O)c2ccc3c(c2)C(=O)N(C[C@@H]2CCCO2)C3=O)cc1. The minimum absolute atomic E-state index is 0.0550. The summed E-state index contributed by atoms with van der Waals surface area (Å²) in [4.78, 5) is 49.7. The Morgan fingerprint density at radius 2 is 1.73 bits per heavy atom. The van der Waals surface area contributed by atoms with E-state index in [1.807, 2.05) is 0 Å². The molecule has 2 aromatic carbocycles. The molecule has 2 aromatic rings. The van der Waals surface area contributed by atoms with E-state index in [4.69, 9.17) is 4.74 Å². The second kappa shape index (κ2) is 8.08. The van der Waals surface area contributed by atoms with Crippen molar-refractivity contribution in [2.24, 2.45) is 0 Å². The maximum absolute atomic E-state index is 12.7. The number of imide groups is 1. The van der Waals surface area contributed by atoms with Gasteiger partial charge in [0.05, 0.1) is 29.7 Å². The van der Waals surface area contributed by atoms with Crippen LogP contribution in [0.2, 0.25) is 0 Å². The summed E-state index contributed by atoms with van der Waals surface area (Å²) < 4.78 is 5.52. The quantitative estimate of drug-likeness (QED) is 0.707. The molecule has 2 aliphatic heterocycles. The normalized spacial score (nSPS) is 17.9. The molecule has 0 aliphatic carbocycles. The Hall–Kier alpha value is -3.52. The molecule has 4 rings (SSSR count). The van der Waals surface area contributed by atoms with Gasteiger partial charge in [-0.05, 0) is 42.2 Å². The van der Waals surface area contributed by atoms with Crippen LogP contribution in [0.1, 0.15) is 59.8 Å². The summed E-state index contributed by atoms with van der Waals surface area (Å²) in [5, 5.41) is 13.5. The standard InChI is InChI=1S/C22H20N2O6/c25-19(23-11-13-3-5-14(6-4-13)22(28)29)15-7-8-17-18(10-15)21(27)24(20(17)26)12-16-2-1-9-30-16/h3-8,10,16H,1-2,9,11-12H2,(H,23,25)(H,28,29)/p-1/t16-/m0/s1. The Morgan fingerprint density at radius 1 is 1.03 bits per heavy atom. The van der Waals surface area contributed by atoms with Crippen molar-refractivity contribution in [3.05, 3.63) is 70.3 Å². The number of ether oxygens (including phenoxy) is 1. The highest BCUT2D eigenvalue weighted by molar-refractivity contribution is 6.22. The van der Waals surface area contributed by atoms with Crippen molar-refractivity contribution in [1.82, 2.24) is 10.2 Å². The van der Waals surface area contributed by atoms with E-state index in [9.17, 15) is 24.3 Å². The van der Waals surface area contributed by atoms with Crippen molar-refractivity contribution in [2.45, 2.75) is 25.5 Å². The molecule has 1 fully saturated rings. The Kier molecular flexibility index (Phi) is 5.33. The molecule has 2 aliphatic rings.